The van der Waals surface area contributed by atoms with Crippen LogP contribution in [0.5, 0.6) is 0 Å². The lowest BCUT2D eigenvalue weighted by atomic mass is 10.2. The fraction of sp³-hybridized carbons (Fsp3) is 0.714. The van der Waals surface area contributed by atoms with Crippen molar-refractivity contribution in [1.82, 2.24) is 9.88 Å². The first-order valence-corrected chi connectivity index (χ1v) is 7.96. The average Bonchev–Trinajstić information content (AvgIpc) is 2.60. The zero-order chi connectivity index (χ0) is 13.7. The number of hydrogen-bond donors (Lipinski definition) is 1. The van der Waals surface area contributed by atoms with Crippen LogP contribution in [0.25, 0.3) is 0 Å². The van der Waals surface area contributed by atoms with Crippen LogP contribution in [-0.4, -0.2) is 35.5 Å². The van der Waals surface area contributed by atoms with Gasteiger partial charge in [-0.3, -0.25) is 4.99 Å². The number of aromatic nitrogens is 1. The maximum Gasteiger partial charge on any atom is 0.191 e. The summed E-state index contributed by atoms with van der Waals surface area (Å²) in [5.74, 6) is 0.723. The second-order valence-corrected chi connectivity index (χ2v) is 6.42. The number of thiazole rings is 1. The number of hydrogen-bond acceptors (Lipinski definition) is 3. The van der Waals surface area contributed by atoms with E-state index in [9.17, 15) is 0 Å². The van der Waals surface area contributed by atoms with Crippen molar-refractivity contribution in [2.24, 2.45) is 10.7 Å². The van der Waals surface area contributed by atoms with E-state index in [0.717, 1.165) is 42.7 Å². The molecule has 2 N–H and O–H groups in total. The molecule has 2 heterocycles. The van der Waals surface area contributed by atoms with E-state index in [1.165, 1.54) is 30.6 Å². The largest absolute Gasteiger partial charge is 0.370 e. The Labute approximate surface area is 142 Å². The van der Waals surface area contributed by atoms with Gasteiger partial charge in [-0.1, -0.05) is 12.8 Å². The van der Waals surface area contributed by atoms with Crippen LogP contribution < -0.4 is 5.73 Å². The van der Waals surface area contributed by atoms with Gasteiger partial charge in [0.15, 0.2) is 5.96 Å². The normalized spacial score (nSPS) is 16.7. The summed E-state index contributed by atoms with van der Waals surface area (Å²) < 4.78 is 0. The maximum absolute atomic E-state index is 6.09. The Kier molecular flexibility index (Phi) is 7.79. The van der Waals surface area contributed by atoms with E-state index >= 15 is 0 Å². The highest BCUT2D eigenvalue weighted by molar-refractivity contribution is 14.0. The van der Waals surface area contributed by atoms with Crippen LogP contribution in [0.1, 0.15) is 41.3 Å². The molecule has 0 aliphatic carbocycles. The molecule has 0 amide bonds. The molecular formula is C14H25IN4S. The SMILES string of the molecule is Cc1nc(C)c(CCN=C(N)N2CCCCCC2)s1.I. The van der Waals surface area contributed by atoms with Gasteiger partial charge in [-0.05, 0) is 26.7 Å². The molecule has 1 aliphatic heterocycles. The third-order valence-corrected chi connectivity index (χ3v) is 4.67. The Hall–Kier alpha value is -0.370. The topological polar surface area (TPSA) is 54.5 Å². The molecule has 0 saturated carbocycles. The molecular weight excluding hydrogens is 383 g/mol. The van der Waals surface area contributed by atoms with E-state index < -0.39 is 0 Å². The number of aliphatic imine (C=N–C) groups is 1. The summed E-state index contributed by atoms with van der Waals surface area (Å²) in [5.41, 5.74) is 7.23. The van der Waals surface area contributed by atoms with Gasteiger partial charge in [-0.15, -0.1) is 35.3 Å². The van der Waals surface area contributed by atoms with Crippen molar-refractivity contribution in [3.8, 4) is 0 Å². The highest BCUT2D eigenvalue weighted by Crippen LogP contribution is 2.17. The quantitative estimate of drug-likeness (QED) is 0.475. The summed E-state index contributed by atoms with van der Waals surface area (Å²) in [7, 11) is 0. The van der Waals surface area contributed by atoms with Gasteiger partial charge in [-0.2, -0.15) is 0 Å². The molecule has 1 fully saturated rings. The molecule has 0 radical (unpaired) electrons. The number of likely N-dealkylation sites (tertiary alicyclic amines) is 1. The molecule has 114 valence electrons. The highest BCUT2D eigenvalue weighted by atomic mass is 127. The van der Waals surface area contributed by atoms with E-state index in [-0.39, 0.29) is 24.0 Å². The second-order valence-electron chi connectivity index (χ2n) is 5.13. The average molecular weight is 408 g/mol. The Morgan fingerprint density at radius 1 is 1.25 bits per heavy atom. The summed E-state index contributed by atoms with van der Waals surface area (Å²) >= 11 is 1.77. The second kappa shape index (κ2) is 8.81. The molecule has 0 aromatic carbocycles. The standard InChI is InChI=1S/C14H24N4S.HI/c1-11-13(19-12(2)17-11)7-8-16-14(15)18-9-5-3-4-6-10-18;/h3-10H2,1-2H3,(H2,15,16);1H. The zero-order valence-corrected chi connectivity index (χ0v) is 15.5. The Balaban J connectivity index is 0.00000200. The van der Waals surface area contributed by atoms with E-state index in [1.54, 1.807) is 11.3 Å². The zero-order valence-electron chi connectivity index (χ0n) is 12.4. The maximum atomic E-state index is 6.09. The van der Waals surface area contributed by atoms with E-state index in [1.807, 2.05) is 0 Å². The summed E-state index contributed by atoms with van der Waals surface area (Å²) in [4.78, 5) is 12.5. The van der Waals surface area contributed by atoms with Crippen LogP contribution in [0.15, 0.2) is 4.99 Å². The van der Waals surface area contributed by atoms with Crippen molar-refractivity contribution >= 4 is 41.3 Å². The fourth-order valence-electron chi connectivity index (χ4n) is 2.48. The van der Waals surface area contributed by atoms with Gasteiger partial charge in [0.2, 0.25) is 0 Å². The van der Waals surface area contributed by atoms with Crippen LogP contribution in [0, 0.1) is 13.8 Å². The summed E-state index contributed by atoms with van der Waals surface area (Å²) in [6.07, 6.45) is 6.07. The number of rotatable bonds is 3. The molecule has 4 nitrogen and oxygen atoms in total. The van der Waals surface area contributed by atoms with Crippen molar-refractivity contribution in [1.29, 1.82) is 0 Å². The molecule has 1 aromatic heterocycles. The minimum absolute atomic E-state index is 0. The molecule has 20 heavy (non-hydrogen) atoms. The van der Waals surface area contributed by atoms with E-state index in [2.05, 4.69) is 28.7 Å². The molecule has 2 rings (SSSR count). The van der Waals surface area contributed by atoms with Gasteiger partial charge in [0.05, 0.1) is 10.7 Å². The first-order valence-electron chi connectivity index (χ1n) is 7.14. The lowest BCUT2D eigenvalue weighted by Gasteiger charge is -2.21. The Bertz CT molecular complexity index is 436. The van der Waals surface area contributed by atoms with Crippen LogP contribution in [0.2, 0.25) is 0 Å². The van der Waals surface area contributed by atoms with Gasteiger partial charge in [0.1, 0.15) is 0 Å². The summed E-state index contributed by atoms with van der Waals surface area (Å²) in [6.45, 7) is 7.02. The molecule has 1 saturated heterocycles. The minimum atomic E-state index is 0. The smallest absolute Gasteiger partial charge is 0.191 e. The number of nitrogens with two attached hydrogens (primary N) is 1. The minimum Gasteiger partial charge on any atom is -0.370 e. The molecule has 0 unspecified atom stereocenters. The fourth-order valence-corrected chi connectivity index (χ4v) is 3.40. The van der Waals surface area contributed by atoms with Crippen molar-refractivity contribution in [3.63, 3.8) is 0 Å². The van der Waals surface area contributed by atoms with Crippen molar-refractivity contribution in [2.45, 2.75) is 46.0 Å². The predicted molar refractivity (Wildman–Crippen MR) is 97.2 cm³/mol. The Morgan fingerprint density at radius 2 is 1.90 bits per heavy atom. The van der Waals surface area contributed by atoms with Crippen LogP contribution in [0.3, 0.4) is 0 Å². The van der Waals surface area contributed by atoms with Gasteiger partial charge in [-0.25, -0.2) is 4.98 Å². The number of aryl methyl sites for hydroxylation is 2. The summed E-state index contributed by atoms with van der Waals surface area (Å²) in [5, 5.41) is 1.14. The highest BCUT2D eigenvalue weighted by Gasteiger charge is 2.10. The van der Waals surface area contributed by atoms with Crippen LogP contribution >= 0.6 is 35.3 Å². The number of halogens is 1. The predicted octanol–water partition coefficient (Wildman–Crippen LogP) is 3.11. The molecule has 0 bridgehead atoms. The molecule has 1 aliphatic rings. The Morgan fingerprint density at radius 3 is 2.45 bits per heavy atom. The van der Waals surface area contributed by atoms with Crippen LogP contribution in [0.4, 0.5) is 0 Å². The first-order chi connectivity index (χ1) is 9.16. The van der Waals surface area contributed by atoms with Gasteiger partial charge in [0.25, 0.3) is 0 Å². The monoisotopic (exact) mass is 408 g/mol. The third-order valence-electron chi connectivity index (χ3n) is 3.54. The van der Waals surface area contributed by atoms with Gasteiger partial charge in [0, 0.05) is 30.9 Å². The van der Waals surface area contributed by atoms with Crippen molar-refractivity contribution in [2.75, 3.05) is 19.6 Å². The molecule has 0 atom stereocenters. The molecule has 1 aromatic rings. The van der Waals surface area contributed by atoms with Gasteiger partial charge < -0.3 is 10.6 Å². The number of nitrogens with zero attached hydrogens (tertiary/aromatic N) is 3. The summed E-state index contributed by atoms with van der Waals surface area (Å²) in [6, 6.07) is 0. The lowest BCUT2D eigenvalue weighted by molar-refractivity contribution is 0.428. The van der Waals surface area contributed by atoms with Crippen LogP contribution in [-0.2, 0) is 6.42 Å². The van der Waals surface area contributed by atoms with E-state index in [0.29, 0.717) is 0 Å². The van der Waals surface area contributed by atoms with Crippen molar-refractivity contribution < 1.29 is 0 Å². The lowest BCUT2D eigenvalue weighted by Crippen LogP contribution is -2.38. The molecule has 6 heteroatoms. The number of guanidine groups is 1. The first kappa shape index (κ1) is 17.7. The van der Waals surface area contributed by atoms with E-state index in [4.69, 9.17) is 5.73 Å². The van der Waals surface area contributed by atoms with Gasteiger partial charge >= 0.3 is 0 Å². The third kappa shape index (κ3) is 5.20. The molecule has 0 spiro atoms. The van der Waals surface area contributed by atoms with Crippen molar-refractivity contribution in [3.05, 3.63) is 15.6 Å².